The topological polar surface area (TPSA) is 66.4 Å². The first-order valence-electron chi connectivity index (χ1n) is 7.28. The highest BCUT2D eigenvalue weighted by molar-refractivity contribution is 5.88. The summed E-state index contributed by atoms with van der Waals surface area (Å²) in [5.74, 6) is -2.17. The SMILES string of the molecule is CCCCC(NC(=O)C(CC)c1ccc(F)cc1)C(=O)O. The summed E-state index contributed by atoms with van der Waals surface area (Å²) in [7, 11) is 0. The van der Waals surface area contributed by atoms with Crippen LogP contribution < -0.4 is 5.32 Å². The summed E-state index contributed by atoms with van der Waals surface area (Å²) in [6, 6.07) is 4.86. The number of halogens is 1. The minimum absolute atomic E-state index is 0.326. The van der Waals surface area contributed by atoms with E-state index in [-0.39, 0.29) is 11.7 Å². The van der Waals surface area contributed by atoms with E-state index in [0.717, 1.165) is 12.8 Å². The highest BCUT2D eigenvalue weighted by Gasteiger charge is 2.24. The summed E-state index contributed by atoms with van der Waals surface area (Å²) < 4.78 is 12.9. The summed E-state index contributed by atoms with van der Waals surface area (Å²) >= 11 is 0. The summed E-state index contributed by atoms with van der Waals surface area (Å²) in [5.41, 5.74) is 0.691. The van der Waals surface area contributed by atoms with Gasteiger partial charge in [-0.3, -0.25) is 4.79 Å². The molecule has 0 fully saturated rings. The van der Waals surface area contributed by atoms with Gasteiger partial charge in [0, 0.05) is 0 Å². The van der Waals surface area contributed by atoms with Crippen molar-refractivity contribution < 1.29 is 19.1 Å². The van der Waals surface area contributed by atoms with Gasteiger partial charge < -0.3 is 10.4 Å². The first-order chi connectivity index (χ1) is 9.99. The number of hydrogen-bond acceptors (Lipinski definition) is 2. The number of unbranched alkanes of at least 4 members (excludes halogenated alkanes) is 1. The van der Waals surface area contributed by atoms with Crippen LogP contribution in [0.1, 0.15) is 51.0 Å². The van der Waals surface area contributed by atoms with Crippen LogP contribution >= 0.6 is 0 Å². The normalized spacial score (nSPS) is 13.5. The van der Waals surface area contributed by atoms with E-state index in [4.69, 9.17) is 5.11 Å². The highest BCUT2D eigenvalue weighted by Crippen LogP contribution is 2.20. The van der Waals surface area contributed by atoms with Gasteiger partial charge in [0.25, 0.3) is 0 Å². The number of amides is 1. The first kappa shape index (κ1) is 17.1. The number of aliphatic carboxylic acids is 1. The number of nitrogens with one attached hydrogen (secondary N) is 1. The zero-order chi connectivity index (χ0) is 15.8. The summed E-state index contributed by atoms with van der Waals surface area (Å²) in [6.45, 7) is 3.81. The van der Waals surface area contributed by atoms with Crippen molar-refractivity contribution in [1.29, 1.82) is 0 Å². The monoisotopic (exact) mass is 295 g/mol. The zero-order valence-electron chi connectivity index (χ0n) is 12.4. The van der Waals surface area contributed by atoms with E-state index in [9.17, 15) is 14.0 Å². The van der Waals surface area contributed by atoms with Crippen LogP contribution in [0.2, 0.25) is 0 Å². The second kappa shape index (κ2) is 8.39. The van der Waals surface area contributed by atoms with E-state index in [1.807, 2.05) is 13.8 Å². The average molecular weight is 295 g/mol. The van der Waals surface area contributed by atoms with Crippen LogP contribution in [0.5, 0.6) is 0 Å². The molecule has 21 heavy (non-hydrogen) atoms. The van der Waals surface area contributed by atoms with Gasteiger partial charge in [0.2, 0.25) is 5.91 Å². The molecule has 0 aromatic heterocycles. The summed E-state index contributed by atoms with van der Waals surface area (Å²) in [5, 5.41) is 11.7. The van der Waals surface area contributed by atoms with Gasteiger partial charge >= 0.3 is 5.97 Å². The van der Waals surface area contributed by atoms with Crippen LogP contribution in [0.15, 0.2) is 24.3 Å². The molecule has 1 rings (SSSR count). The molecule has 2 atom stereocenters. The van der Waals surface area contributed by atoms with E-state index in [2.05, 4.69) is 5.32 Å². The number of carbonyl (C=O) groups excluding carboxylic acids is 1. The van der Waals surface area contributed by atoms with Gasteiger partial charge in [0.05, 0.1) is 5.92 Å². The highest BCUT2D eigenvalue weighted by atomic mass is 19.1. The Morgan fingerprint density at radius 1 is 1.24 bits per heavy atom. The molecule has 4 nitrogen and oxygen atoms in total. The molecule has 1 amide bonds. The van der Waals surface area contributed by atoms with E-state index in [1.165, 1.54) is 12.1 Å². The van der Waals surface area contributed by atoms with Crippen molar-refractivity contribution in [1.82, 2.24) is 5.32 Å². The second-order valence-corrected chi connectivity index (χ2v) is 5.05. The number of carbonyl (C=O) groups is 2. The third kappa shape index (κ3) is 5.17. The number of carboxylic acids is 1. The van der Waals surface area contributed by atoms with Crippen LogP contribution in [-0.4, -0.2) is 23.0 Å². The molecule has 0 bridgehead atoms. The molecule has 0 heterocycles. The fourth-order valence-corrected chi connectivity index (χ4v) is 2.21. The largest absolute Gasteiger partial charge is 0.480 e. The van der Waals surface area contributed by atoms with Crippen molar-refractivity contribution in [2.24, 2.45) is 0 Å². The average Bonchev–Trinajstić information content (AvgIpc) is 2.46. The van der Waals surface area contributed by atoms with Gasteiger partial charge in [-0.2, -0.15) is 0 Å². The van der Waals surface area contributed by atoms with E-state index in [1.54, 1.807) is 12.1 Å². The van der Waals surface area contributed by atoms with E-state index in [0.29, 0.717) is 18.4 Å². The number of carboxylic acid groups (broad SMARTS) is 1. The van der Waals surface area contributed by atoms with Crippen LogP contribution in [0.3, 0.4) is 0 Å². The minimum Gasteiger partial charge on any atom is -0.480 e. The fraction of sp³-hybridized carbons (Fsp3) is 0.500. The second-order valence-electron chi connectivity index (χ2n) is 5.05. The maximum atomic E-state index is 12.9. The van der Waals surface area contributed by atoms with E-state index >= 15 is 0 Å². The van der Waals surface area contributed by atoms with Crippen LogP contribution in [-0.2, 0) is 9.59 Å². The molecule has 5 heteroatoms. The summed E-state index contributed by atoms with van der Waals surface area (Å²) in [4.78, 5) is 23.4. The lowest BCUT2D eigenvalue weighted by molar-refractivity contribution is -0.142. The predicted octanol–water partition coefficient (Wildman–Crippen LogP) is 3.08. The molecular weight excluding hydrogens is 273 g/mol. The van der Waals surface area contributed by atoms with Crippen molar-refractivity contribution >= 4 is 11.9 Å². The van der Waals surface area contributed by atoms with Crippen LogP contribution in [0.25, 0.3) is 0 Å². The predicted molar refractivity (Wildman–Crippen MR) is 78.5 cm³/mol. The van der Waals surface area contributed by atoms with Crippen LogP contribution in [0.4, 0.5) is 4.39 Å². The Morgan fingerprint density at radius 3 is 2.33 bits per heavy atom. The van der Waals surface area contributed by atoms with Gasteiger partial charge in [-0.15, -0.1) is 0 Å². The summed E-state index contributed by atoms with van der Waals surface area (Å²) in [6.07, 6.45) is 2.55. The molecular formula is C16H22FNO3. The quantitative estimate of drug-likeness (QED) is 0.774. The van der Waals surface area contributed by atoms with Crippen molar-refractivity contribution in [2.45, 2.75) is 51.5 Å². The molecule has 1 aromatic rings. The smallest absolute Gasteiger partial charge is 0.326 e. The van der Waals surface area contributed by atoms with Crippen molar-refractivity contribution in [3.05, 3.63) is 35.6 Å². The molecule has 2 N–H and O–H groups in total. The van der Waals surface area contributed by atoms with Crippen molar-refractivity contribution in [3.63, 3.8) is 0 Å². The molecule has 0 saturated carbocycles. The molecule has 0 aliphatic carbocycles. The Kier molecular flexibility index (Phi) is 6.85. The molecule has 0 aliphatic heterocycles. The molecule has 0 spiro atoms. The maximum absolute atomic E-state index is 12.9. The number of rotatable bonds is 8. The Labute approximate surface area is 124 Å². The molecule has 0 radical (unpaired) electrons. The van der Waals surface area contributed by atoms with Crippen molar-refractivity contribution in [3.8, 4) is 0 Å². The molecule has 116 valence electrons. The molecule has 1 aromatic carbocycles. The van der Waals surface area contributed by atoms with Crippen LogP contribution in [0, 0.1) is 5.82 Å². The zero-order valence-corrected chi connectivity index (χ0v) is 12.4. The molecule has 0 aliphatic rings. The Morgan fingerprint density at radius 2 is 1.86 bits per heavy atom. The van der Waals surface area contributed by atoms with Gasteiger partial charge in [0.15, 0.2) is 0 Å². The Hall–Kier alpha value is -1.91. The first-order valence-corrected chi connectivity index (χ1v) is 7.28. The van der Waals surface area contributed by atoms with E-state index < -0.39 is 17.9 Å². The lowest BCUT2D eigenvalue weighted by Gasteiger charge is -2.19. The third-order valence-corrected chi connectivity index (χ3v) is 3.46. The minimum atomic E-state index is -1.02. The van der Waals surface area contributed by atoms with Gasteiger partial charge in [-0.1, -0.05) is 38.8 Å². The number of benzene rings is 1. The van der Waals surface area contributed by atoms with Gasteiger partial charge in [0.1, 0.15) is 11.9 Å². The lowest BCUT2D eigenvalue weighted by Crippen LogP contribution is -2.42. The standard InChI is InChI=1S/C16H22FNO3/c1-3-5-6-14(16(20)21)18-15(19)13(4-2)11-7-9-12(17)10-8-11/h7-10,13-14H,3-6H2,1-2H3,(H,18,19)(H,20,21). The van der Waals surface area contributed by atoms with Crippen molar-refractivity contribution in [2.75, 3.05) is 0 Å². The fourth-order valence-electron chi connectivity index (χ4n) is 2.21. The molecule has 2 unspecified atom stereocenters. The molecule has 0 saturated heterocycles. The maximum Gasteiger partial charge on any atom is 0.326 e. The van der Waals surface area contributed by atoms with Gasteiger partial charge in [-0.25, -0.2) is 9.18 Å². The third-order valence-electron chi connectivity index (χ3n) is 3.46. The number of hydrogen-bond donors (Lipinski definition) is 2. The Bertz CT molecular complexity index is 473. The van der Waals surface area contributed by atoms with Gasteiger partial charge in [-0.05, 0) is 30.5 Å². The Balaban J connectivity index is 2.77. The lowest BCUT2D eigenvalue weighted by atomic mass is 9.95.